The van der Waals surface area contributed by atoms with Gasteiger partial charge in [0.15, 0.2) is 14.6 Å². The van der Waals surface area contributed by atoms with E-state index >= 15 is 0 Å². The lowest BCUT2D eigenvalue weighted by Gasteiger charge is -2.05. The highest BCUT2D eigenvalue weighted by Gasteiger charge is 2.20. The van der Waals surface area contributed by atoms with Crippen LogP contribution in [0.4, 0.5) is 0 Å². The Balaban J connectivity index is 2.00. The van der Waals surface area contributed by atoms with Crippen LogP contribution in [-0.2, 0) is 16.4 Å². The Morgan fingerprint density at radius 1 is 1.40 bits per heavy atom. The molecule has 0 amide bonds. The number of aromatic nitrogens is 2. The number of benzene rings is 1. The Kier molecular flexibility index (Phi) is 3.46. The molecule has 2 aromatic rings. The maximum Gasteiger partial charge on any atom is 0.178 e. The lowest BCUT2D eigenvalue weighted by Crippen LogP contribution is -2.00. The third kappa shape index (κ3) is 2.67. The molecule has 1 aliphatic carbocycles. The van der Waals surface area contributed by atoms with Gasteiger partial charge in [0, 0.05) is 12.8 Å². The van der Waals surface area contributed by atoms with Crippen LogP contribution in [0.3, 0.4) is 0 Å². The van der Waals surface area contributed by atoms with Crippen LogP contribution in [0.2, 0.25) is 0 Å². The highest BCUT2D eigenvalue weighted by Crippen LogP contribution is 2.33. The molecule has 0 aliphatic heterocycles. The standard InChI is InChI=1S/C14H18N2O2S2/c1-20(17,18)12-6-2-5-11-13(12)15-14(19)16(11)9-3-4-10-7-8-10/h2,5-6,10H,3-4,7-9H2,1H3,(H,15,19). The van der Waals surface area contributed by atoms with Gasteiger partial charge in [-0.2, -0.15) is 0 Å². The third-order valence-corrected chi connectivity index (χ3v) is 5.32. The molecule has 0 atom stereocenters. The molecule has 1 fully saturated rings. The molecular formula is C14H18N2O2S2. The molecular weight excluding hydrogens is 292 g/mol. The molecule has 20 heavy (non-hydrogen) atoms. The molecule has 1 aliphatic rings. The summed E-state index contributed by atoms with van der Waals surface area (Å²) in [5, 5.41) is 0. The normalized spacial score (nSPS) is 15.8. The minimum Gasteiger partial charge on any atom is -0.329 e. The van der Waals surface area contributed by atoms with E-state index in [0.717, 1.165) is 24.4 Å². The summed E-state index contributed by atoms with van der Waals surface area (Å²) in [6, 6.07) is 5.32. The fourth-order valence-corrected chi connectivity index (χ4v) is 3.77. The molecule has 1 saturated carbocycles. The minimum absolute atomic E-state index is 0.321. The van der Waals surface area contributed by atoms with Gasteiger partial charge in [0.1, 0.15) is 0 Å². The summed E-state index contributed by atoms with van der Waals surface area (Å²) < 4.78 is 26.3. The zero-order chi connectivity index (χ0) is 14.3. The zero-order valence-corrected chi connectivity index (χ0v) is 13.1. The van der Waals surface area contributed by atoms with Gasteiger partial charge in [-0.15, -0.1) is 0 Å². The van der Waals surface area contributed by atoms with Crippen LogP contribution in [0.5, 0.6) is 0 Å². The summed E-state index contributed by atoms with van der Waals surface area (Å²) >= 11 is 5.34. The van der Waals surface area contributed by atoms with Gasteiger partial charge in [0.25, 0.3) is 0 Å². The number of hydrogen-bond acceptors (Lipinski definition) is 3. The van der Waals surface area contributed by atoms with Gasteiger partial charge in [-0.25, -0.2) is 8.42 Å². The van der Waals surface area contributed by atoms with Gasteiger partial charge in [-0.3, -0.25) is 0 Å². The van der Waals surface area contributed by atoms with E-state index in [1.807, 2.05) is 10.6 Å². The molecule has 1 heterocycles. The average Bonchev–Trinajstić information content (AvgIpc) is 3.12. The Bertz CT molecular complexity index is 798. The molecule has 1 aromatic heterocycles. The van der Waals surface area contributed by atoms with Crippen LogP contribution in [0.25, 0.3) is 11.0 Å². The molecule has 6 heteroatoms. The Morgan fingerprint density at radius 3 is 2.80 bits per heavy atom. The molecule has 0 bridgehead atoms. The van der Waals surface area contributed by atoms with Crippen molar-refractivity contribution in [3.05, 3.63) is 23.0 Å². The van der Waals surface area contributed by atoms with Crippen molar-refractivity contribution >= 4 is 33.1 Å². The van der Waals surface area contributed by atoms with Crippen molar-refractivity contribution in [2.24, 2.45) is 5.92 Å². The SMILES string of the molecule is CS(=O)(=O)c1cccc2c1[nH]c(=S)n2CCCC1CC1. The number of rotatable bonds is 5. The van der Waals surface area contributed by atoms with Crippen LogP contribution in [0, 0.1) is 10.7 Å². The number of imidazole rings is 1. The maximum atomic E-state index is 11.8. The molecule has 4 nitrogen and oxygen atoms in total. The van der Waals surface area contributed by atoms with Crippen molar-refractivity contribution in [1.29, 1.82) is 0 Å². The first-order chi connectivity index (χ1) is 9.47. The molecule has 0 radical (unpaired) electrons. The smallest absolute Gasteiger partial charge is 0.178 e. The number of sulfone groups is 1. The molecule has 0 spiro atoms. The van der Waals surface area contributed by atoms with Gasteiger partial charge in [0.2, 0.25) is 0 Å². The Hall–Kier alpha value is -1.14. The first-order valence-electron chi connectivity index (χ1n) is 6.88. The molecule has 108 valence electrons. The Labute approximate surface area is 123 Å². The van der Waals surface area contributed by atoms with E-state index in [2.05, 4.69) is 4.98 Å². The highest BCUT2D eigenvalue weighted by atomic mass is 32.2. The first-order valence-corrected chi connectivity index (χ1v) is 9.18. The van der Waals surface area contributed by atoms with E-state index in [1.54, 1.807) is 12.1 Å². The molecule has 1 N–H and O–H groups in total. The second kappa shape index (κ2) is 5.00. The predicted molar refractivity (Wildman–Crippen MR) is 82.2 cm³/mol. The number of nitrogens with one attached hydrogen (secondary N) is 1. The van der Waals surface area contributed by atoms with Crippen LogP contribution < -0.4 is 0 Å². The fraction of sp³-hybridized carbons (Fsp3) is 0.500. The molecule has 0 saturated heterocycles. The van der Waals surface area contributed by atoms with Crippen LogP contribution >= 0.6 is 12.2 Å². The summed E-state index contributed by atoms with van der Waals surface area (Å²) in [6.07, 6.45) is 6.27. The number of fused-ring (bicyclic) bond motifs is 1. The molecule has 1 aromatic carbocycles. The van der Waals surface area contributed by atoms with Crippen molar-refractivity contribution in [3.63, 3.8) is 0 Å². The second-order valence-electron chi connectivity index (χ2n) is 5.59. The van der Waals surface area contributed by atoms with Gasteiger partial charge >= 0.3 is 0 Å². The lowest BCUT2D eigenvalue weighted by molar-refractivity contribution is 0.582. The topological polar surface area (TPSA) is 54.9 Å². The van der Waals surface area contributed by atoms with Gasteiger partial charge in [-0.05, 0) is 43.1 Å². The third-order valence-electron chi connectivity index (χ3n) is 3.86. The van der Waals surface area contributed by atoms with E-state index in [9.17, 15) is 8.42 Å². The van der Waals surface area contributed by atoms with Crippen molar-refractivity contribution in [2.45, 2.75) is 37.1 Å². The van der Waals surface area contributed by atoms with Gasteiger partial charge < -0.3 is 9.55 Å². The minimum atomic E-state index is -3.25. The number of nitrogens with zero attached hydrogens (tertiary/aromatic N) is 1. The summed E-state index contributed by atoms with van der Waals surface area (Å²) in [5.41, 5.74) is 1.51. The van der Waals surface area contributed by atoms with E-state index in [4.69, 9.17) is 12.2 Å². The van der Waals surface area contributed by atoms with Gasteiger partial charge in [0.05, 0.1) is 15.9 Å². The summed E-state index contributed by atoms with van der Waals surface area (Å²) in [5.74, 6) is 0.904. The van der Waals surface area contributed by atoms with E-state index in [1.165, 1.54) is 25.5 Å². The monoisotopic (exact) mass is 310 g/mol. The van der Waals surface area contributed by atoms with Crippen molar-refractivity contribution in [2.75, 3.05) is 6.26 Å². The largest absolute Gasteiger partial charge is 0.329 e. The number of aryl methyl sites for hydroxylation is 1. The maximum absolute atomic E-state index is 11.8. The van der Waals surface area contributed by atoms with Crippen molar-refractivity contribution in [3.8, 4) is 0 Å². The average molecular weight is 310 g/mol. The quantitative estimate of drug-likeness (QED) is 0.862. The number of aromatic amines is 1. The molecule has 0 unspecified atom stereocenters. The first kappa shape index (κ1) is 13.8. The summed E-state index contributed by atoms with van der Waals surface area (Å²) in [4.78, 5) is 3.38. The fourth-order valence-electron chi connectivity index (χ4n) is 2.63. The summed E-state index contributed by atoms with van der Waals surface area (Å²) in [7, 11) is -3.25. The van der Waals surface area contributed by atoms with Gasteiger partial charge in [-0.1, -0.05) is 18.9 Å². The predicted octanol–water partition coefficient (Wildman–Crippen LogP) is 3.29. The van der Waals surface area contributed by atoms with Crippen LogP contribution in [0.15, 0.2) is 23.1 Å². The molecule has 3 rings (SSSR count). The van der Waals surface area contributed by atoms with E-state index in [0.29, 0.717) is 15.2 Å². The van der Waals surface area contributed by atoms with Crippen LogP contribution in [0.1, 0.15) is 25.7 Å². The lowest BCUT2D eigenvalue weighted by atomic mass is 10.2. The van der Waals surface area contributed by atoms with E-state index in [-0.39, 0.29) is 0 Å². The highest BCUT2D eigenvalue weighted by molar-refractivity contribution is 7.91. The number of hydrogen-bond donors (Lipinski definition) is 1. The number of para-hydroxylation sites is 1. The second-order valence-corrected chi connectivity index (χ2v) is 7.96. The Morgan fingerprint density at radius 2 is 2.15 bits per heavy atom. The zero-order valence-electron chi connectivity index (χ0n) is 11.4. The number of H-pyrrole nitrogens is 1. The summed E-state index contributed by atoms with van der Waals surface area (Å²) in [6.45, 7) is 0.850. The van der Waals surface area contributed by atoms with Crippen molar-refractivity contribution in [1.82, 2.24) is 9.55 Å². The van der Waals surface area contributed by atoms with E-state index < -0.39 is 9.84 Å². The van der Waals surface area contributed by atoms with Crippen LogP contribution in [-0.4, -0.2) is 24.2 Å². The van der Waals surface area contributed by atoms with Crippen molar-refractivity contribution < 1.29 is 8.42 Å².